The number of carbonyl (C=O) groups is 1. The number of nitrogens with zero attached hydrogens (tertiary/aromatic N) is 2. The molecule has 0 saturated carbocycles. The van der Waals surface area contributed by atoms with Crippen LogP contribution in [0.2, 0.25) is 0 Å². The van der Waals surface area contributed by atoms with E-state index in [9.17, 15) is 4.79 Å². The van der Waals surface area contributed by atoms with E-state index in [4.69, 9.17) is 0 Å². The van der Waals surface area contributed by atoms with Crippen molar-refractivity contribution in [1.82, 2.24) is 9.80 Å². The van der Waals surface area contributed by atoms with E-state index in [2.05, 4.69) is 45.4 Å². The second kappa shape index (κ2) is 9.76. The van der Waals surface area contributed by atoms with E-state index in [1.54, 1.807) is 11.8 Å². The minimum Gasteiger partial charge on any atom is -0.325 e. The van der Waals surface area contributed by atoms with Crippen LogP contribution < -0.4 is 5.32 Å². The summed E-state index contributed by atoms with van der Waals surface area (Å²) in [4.78, 5) is 18.3. The van der Waals surface area contributed by atoms with E-state index in [1.165, 1.54) is 5.56 Å². The van der Waals surface area contributed by atoms with Crippen molar-refractivity contribution >= 4 is 23.4 Å². The number of benzene rings is 2. The van der Waals surface area contributed by atoms with Crippen molar-refractivity contribution in [3.63, 3.8) is 0 Å². The van der Waals surface area contributed by atoms with Crippen LogP contribution in [0.25, 0.3) is 0 Å². The summed E-state index contributed by atoms with van der Waals surface area (Å²) in [5, 5.41) is 3.05. The molecule has 1 aliphatic rings. The molecule has 138 valence electrons. The van der Waals surface area contributed by atoms with Crippen LogP contribution in [0.3, 0.4) is 0 Å². The lowest BCUT2D eigenvalue weighted by atomic mass is 10.2. The van der Waals surface area contributed by atoms with Crippen LogP contribution in [0.5, 0.6) is 0 Å². The average Bonchev–Trinajstić information content (AvgIpc) is 2.69. The van der Waals surface area contributed by atoms with Gasteiger partial charge in [-0.25, -0.2) is 0 Å². The van der Waals surface area contributed by atoms with Gasteiger partial charge in [0.1, 0.15) is 0 Å². The van der Waals surface area contributed by atoms with Crippen molar-refractivity contribution in [1.29, 1.82) is 0 Å². The zero-order valence-electron chi connectivity index (χ0n) is 15.4. The maximum atomic E-state index is 12.3. The van der Waals surface area contributed by atoms with Gasteiger partial charge in [-0.3, -0.25) is 9.69 Å². The molecule has 2 aromatic carbocycles. The number of hydrogen-bond donors (Lipinski definition) is 1. The molecule has 0 atom stereocenters. The Morgan fingerprint density at radius 2 is 1.62 bits per heavy atom. The normalized spacial score (nSPS) is 15.7. The van der Waals surface area contributed by atoms with Gasteiger partial charge in [-0.2, -0.15) is 0 Å². The molecule has 3 rings (SSSR count). The summed E-state index contributed by atoms with van der Waals surface area (Å²) >= 11 is 1.65. The smallest absolute Gasteiger partial charge is 0.225 e. The summed E-state index contributed by atoms with van der Waals surface area (Å²) < 4.78 is 0. The molecule has 5 heteroatoms. The second-order valence-corrected chi connectivity index (χ2v) is 7.45. The lowest BCUT2D eigenvalue weighted by Crippen LogP contribution is -2.46. The maximum absolute atomic E-state index is 12.3. The molecule has 4 nitrogen and oxygen atoms in total. The summed E-state index contributed by atoms with van der Waals surface area (Å²) in [6.07, 6.45) is 2.57. The third-order valence-corrected chi connectivity index (χ3v) is 5.55. The quantitative estimate of drug-likeness (QED) is 0.757. The first-order valence-electron chi connectivity index (χ1n) is 9.16. The number of thioether (sulfide) groups is 1. The van der Waals surface area contributed by atoms with Gasteiger partial charge >= 0.3 is 0 Å². The molecular weight excluding hydrogens is 342 g/mol. The summed E-state index contributed by atoms with van der Waals surface area (Å²) in [7, 11) is 0. The zero-order valence-corrected chi connectivity index (χ0v) is 16.2. The predicted octanol–water partition coefficient (Wildman–Crippen LogP) is 3.55. The lowest BCUT2D eigenvalue weighted by Gasteiger charge is -2.34. The van der Waals surface area contributed by atoms with Crippen LogP contribution in [0, 0.1) is 0 Å². The van der Waals surface area contributed by atoms with Gasteiger partial charge in [0.25, 0.3) is 0 Å². The first kappa shape index (κ1) is 19.0. The van der Waals surface area contributed by atoms with Gasteiger partial charge in [0, 0.05) is 50.6 Å². The van der Waals surface area contributed by atoms with Crippen molar-refractivity contribution in [2.24, 2.45) is 0 Å². The summed E-state index contributed by atoms with van der Waals surface area (Å²) in [5.74, 6) is 0.0956. The molecule has 1 saturated heterocycles. The van der Waals surface area contributed by atoms with Crippen molar-refractivity contribution in [3.05, 3.63) is 60.2 Å². The van der Waals surface area contributed by atoms with Crippen LogP contribution in [-0.4, -0.2) is 54.7 Å². The number of rotatable bonds is 7. The molecule has 1 fully saturated rings. The molecule has 0 radical (unpaired) electrons. The van der Waals surface area contributed by atoms with E-state index < -0.39 is 0 Å². The molecule has 1 heterocycles. The molecule has 0 bridgehead atoms. The van der Waals surface area contributed by atoms with Crippen LogP contribution >= 0.6 is 11.8 Å². The molecule has 0 aromatic heterocycles. The minimum atomic E-state index is 0.0956. The van der Waals surface area contributed by atoms with Crippen molar-refractivity contribution in [3.8, 4) is 0 Å². The Balaban J connectivity index is 1.39. The highest BCUT2D eigenvalue weighted by Gasteiger charge is 2.17. The molecule has 0 aliphatic carbocycles. The van der Waals surface area contributed by atoms with Crippen LogP contribution in [0.15, 0.2) is 59.5 Å². The number of nitrogens with one attached hydrogen (secondary N) is 1. The summed E-state index contributed by atoms with van der Waals surface area (Å²) in [5.41, 5.74) is 2.28. The molecule has 0 spiro atoms. The van der Waals surface area contributed by atoms with Gasteiger partial charge in [-0.15, -0.1) is 11.8 Å². The Labute approximate surface area is 160 Å². The fourth-order valence-corrected chi connectivity index (χ4v) is 3.79. The second-order valence-electron chi connectivity index (χ2n) is 6.60. The van der Waals surface area contributed by atoms with Crippen molar-refractivity contribution in [2.75, 3.05) is 44.3 Å². The van der Waals surface area contributed by atoms with Gasteiger partial charge in [-0.05, 0) is 24.0 Å². The Morgan fingerprint density at radius 3 is 2.35 bits per heavy atom. The highest BCUT2D eigenvalue weighted by Crippen LogP contribution is 2.24. The predicted molar refractivity (Wildman–Crippen MR) is 110 cm³/mol. The largest absolute Gasteiger partial charge is 0.325 e. The minimum absolute atomic E-state index is 0.0956. The third-order valence-electron chi connectivity index (χ3n) is 4.75. The lowest BCUT2D eigenvalue weighted by molar-refractivity contribution is -0.116. The molecule has 0 unspecified atom stereocenters. The number of hydrogen-bond acceptors (Lipinski definition) is 4. The topological polar surface area (TPSA) is 35.6 Å². The Bertz CT molecular complexity index is 699. The number of para-hydroxylation sites is 1. The molecule has 1 N–H and O–H groups in total. The first-order valence-corrected chi connectivity index (χ1v) is 10.4. The number of carbonyl (C=O) groups excluding carboxylic acids is 1. The first-order chi connectivity index (χ1) is 12.7. The van der Waals surface area contributed by atoms with Gasteiger partial charge in [-0.1, -0.05) is 42.5 Å². The molecular formula is C21H27N3OS. The van der Waals surface area contributed by atoms with E-state index in [0.29, 0.717) is 6.42 Å². The summed E-state index contributed by atoms with van der Waals surface area (Å²) in [6.45, 7) is 6.02. The third kappa shape index (κ3) is 5.59. The maximum Gasteiger partial charge on any atom is 0.225 e. The Hall–Kier alpha value is -1.82. The van der Waals surface area contributed by atoms with Gasteiger partial charge in [0.15, 0.2) is 0 Å². The number of amides is 1. The van der Waals surface area contributed by atoms with Crippen LogP contribution in [0.1, 0.15) is 12.0 Å². The Kier molecular flexibility index (Phi) is 7.12. The molecule has 26 heavy (non-hydrogen) atoms. The van der Waals surface area contributed by atoms with Gasteiger partial charge in [0.2, 0.25) is 5.91 Å². The van der Waals surface area contributed by atoms with Crippen molar-refractivity contribution in [2.45, 2.75) is 17.9 Å². The fraction of sp³-hybridized carbons (Fsp3) is 0.381. The van der Waals surface area contributed by atoms with Crippen LogP contribution in [0.4, 0.5) is 5.69 Å². The zero-order chi connectivity index (χ0) is 18.2. The van der Waals surface area contributed by atoms with Gasteiger partial charge < -0.3 is 10.2 Å². The van der Waals surface area contributed by atoms with Gasteiger partial charge in [0.05, 0.1) is 5.69 Å². The highest BCUT2D eigenvalue weighted by molar-refractivity contribution is 7.98. The average molecular weight is 370 g/mol. The van der Waals surface area contributed by atoms with E-state index in [0.717, 1.165) is 49.9 Å². The molecule has 2 aromatic rings. The molecule has 1 amide bonds. The van der Waals surface area contributed by atoms with Crippen molar-refractivity contribution < 1.29 is 4.79 Å². The number of anilines is 1. The molecule has 1 aliphatic heterocycles. The summed E-state index contributed by atoms with van der Waals surface area (Å²) in [6, 6.07) is 18.6. The van der Waals surface area contributed by atoms with E-state index in [1.807, 2.05) is 30.5 Å². The SMILES string of the molecule is CSc1ccccc1NC(=O)CCN1CCN(Cc2ccccc2)CC1. The Morgan fingerprint density at radius 1 is 0.962 bits per heavy atom. The fourth-order valence-electron chi connectivity index (χ4n) is 3.23. The monoisotopic (exact) mass is 369 g/mol. The standard InChI is InChI=1S/C21H27N3OS/c1-26-20-10-6-5-9-19(20)22-21(25)11-12-23-13-15-24(16-14-23)17-18-7-3-2-4-8-18/h2-10H,11-17H2,1H3,(H,22,25). The van der Waals surface area contributed by atoms with E-state index in [-0.39, 0.29) is 5.91 Å². The van der Waals surface area contributed by atoms with E-state index >= 15 is 0 Å². The van der Waals surface area contributed by atoms with Crippen LogP contribution in [-0.2, 0) is 11.3 Å². The number of piperazine rings is 1. The highest BCUT2D eigenvalue weighted by atomic mass is 32.2.